The number of hydrogen-bond donors (Lipinski definition) is 2. The fourth-order valence-electron chi connectivity index (χ4n) is 0.774. The van der Waals surface area contributed by atoms with Crippen LogP contribution in [-0.4, -0.2) is 43.5 Å². The first-order valence-corrected chi connectivity index (χ1v) is 6.02. The molecule has 14 heavy (non-hydrogen) atoms. The minimum absolute atomic E-state index is 0.119. The van der Waals surface area contributed by atoms with Crippen molar-refractivity contribution in [1.82, 2.24) is 5.32 Å². The third kappa shape index (κ3) is 5.52. The maximum atomic E-state index is 10.8. The van der Waals surface area contributed by atoms with E-state index in [1.165, 1.54) is 0 Å². The van der Waals surface area contributed by atoms with Gasteiger partial charge in [0, 0.05) is 12.7 Å². The van der Waals surface area contributed by atoms with Gasteiger partial charge in [0.05, 0.1) is 5.75 Å². The topological polar surface area (TPSA) is 101 Å². The van der Waals surface area contributed by atoms with Gasteiger partial charge in [0.15, 0.2) is 0 Å². The summed E-state index contributed by atoms with van der Waals surface area (Å²) in [6.07, 6.45) is 1.04. The van der Waals surface area contributed by atoms with Crippen LogP contribution in [0.2, 0.25) is 0 Å². The van der Waals surface area contributed by atoms with E-state index in [0.717, 1.165) is 6.26 Å². The second-order valence-corrected chi connectivity index (χ2v) is 5.09. The lowest BCUT2D eigenvalue weighted by atomic mass is 10.3. The Morgan fingerprint density at radius 2 is 1.93 bits per heavy atom. The monoisotopic (exact) mass is 223 g/mol. The Balaban J connectivity index is 4.47. The Hall–Kier alpha value is -1.11. The van der Waals surface area contributed by atoms with Crippen molar-refractivity contribution in [1.29, 1.82) is 0 Å². The second-order valence-electron chi connectivity index (χ2n) is 2.90. The van der Waals surface area contributed by atoms with Crippen LogP contribution in [0.1, 0.15) is 13.3 Å². The van der Waals surface area contributed by atoms with Crippen molar-refractivity contribution in [3.63, 3.8) is 0 Å². The summed E-state index contributed by atoms with van der Waals surface area (Å²) in [5.41, 5.74) is 0. The molecule has 0 aliphatic rings. The van der Waals surface area contributed by atoms with Crippen LogP contribution in [0.4, 0.5) is 0 Å². The van der Waals surface area contributed by atoms with Gasteiger partial charge in [0.1, 0.15) is 15.9 Å². The van der Waals surface area contributed by atoms with Crippen molar-refractivity contribution in [2.24, 2.45) is 0 Å². The summed E-state index contributed by atoms with van der Waals surface area (Å²) in [6, 6.07) is -1.36. The number of carboxylic acids is 1. The quantitative estimate of drug-likeness (QED) is 0.623. The zero-order valence-electron chi connectivity index (χ0n) is 7.98. The van der Waals surface area contributed by atoms with E-state index in [2.05, 4.69) is 5.32 Å². The van der Waals surface area contributed by atoms with E-state index >= 15 is 0 Å². The highest BCUT2D eigenvalue weighted by atomic mass is 32.2. The predicted octanol–water partition coefficient (Wildman–Crippen LogP) is -0.990. The van der Waals surface area contributed by atoms with Crippen LogP contribution in [0.3, 0.4) is 0 Å². The van der Waals surface area contributed by atoms with Crippen LogP contribution in [0.15, 0.2) is 0 Å². The first-order valence-electron chi connectivity index (χ1n) is 3.96. The fourth-order valence-corrected chi connectivity index (χ4v) is 1.61. The molecule has 2 N–H and O–H groups in total. The second kappa shape index (κ2) is 4.94. The molecule has 0 aromatic heterocycles. The minimum atomic E-state index is -3.42. The van der Waals surface area contributed by atoms with E-state index in [9.17, 15) is 18.0 Å². The molecule has 0 aromatic rings. The van der Waals surface area contributed by atoms with Gasteiger partial charge in [-0.1, -0.05) is 6.92 Å². The SMILES string of the molecule is CCC(=O)NC(CS(C)(=O)=O)C(=O)O. The van der Waals surface area contributed by atoms with Crippen molar-refractivity contribution >= 4 is 21.7 Å². The number of aliphatic carboxylic acids is 1. The number of hydrogen-bond acceptors (Lipinski definition) is 4. The fraction of sp³-hybridized carbons (Fsp3) is 0.714. The van der Waals surface area contributed by atoms with Gasteiger partial charge in [-0.25, -0.2) is 13.2 Å². The summed E-state index contributed by atoms with van der Waals surface area (Å²) >= 11 is 0. The van der Waals surface area contributed by atoms with E-state index in [1.807, 2.05) is 0 Å². The summed E-state index contributed by atoms with van der Waals surface area (Å²) < 4.78 is 21.6. The molecule has 1 amide bonds. The molecule has 0 heterocycles. The molecular formula is C7H13NO5S. The van der Waals surface area contributed by atoms with Gasteiger partial charge in [0.25, 0.3) is 0 Å². The molecule has 0 fully saturated rings. The maximum Gasteiger partial charge on any atom is 0.327 e. The Morgan fingerprint density at radius 3 is 2.21 bits per heavy atom. The van der Waals surface area contributed by atoms with Crippen molar-refractivity contribution in [3.8, 4) is 0 Å². The summed E-state index contributed by atoms with van der Waals surface area (Å²) in [6.45, 7) is 1.55. The molecule has 0 spiro atoms. The average Bonchev–Trinajstić information content (AvgIpc) is 2.00. The number of sulfone groups is 1. The zero-order valence-corrected chi connectivity index (χ0v) is 8.80. The molecule has 0 bridgehead atoms. The Labute approximate surface area is 82.2 Å². The molecule has 6 nitrogen and oxygen atoms in total. The third-order valence-corrected chi connectivity index (χ3v) is 2.36. The molecular weight excluding hydrogens is 210 g/mol. The summed E-state index contributed by atoms with van der Waals surface area (Å²) in [7, 11) is -3.42. The maximum absolute atomic E-state index is 10.8. The molecule has 0 saturated heterocycles. The Morgan fingerprint density at radius 1 is 1.43 bits per heavy atom. The Bertz CT molecular complexity index is 321. The molecule has 0 radical (unpaired) electrons. The normalized spacial score (nSPS) is 13.3. The smallest absolute Gasteiger partial charge is 0.327 e. The van der Waals surface area contributed by atoms with Gasteiger partial charge in [-0.15, -0.1) is 0 Å². The zero-order chi connectivity index (χ0) is 11.4. The first-order chi connectivity index (χ1) is 6.26. The van der Waals surface area contributed by atoms with E-state index < -0.39 is 33.5 Å². The number of carbonyl (C=O) groups is 2. The van der Waals surface area contributed by atoms with Crippen molar-refractivity contribution in [3.05, 3.63) is 0 Å². The van der Waals surface area contributed by atoms with Crippen LogP contribution < -0.4 is 5.32 Å². The average molecular weight is 223 g/mol. The van der Waals surface area contributed by atoms with Crippen LogP contribution >= 0.6 is 0 Å². The van der Waals surface area contributed by atoms with Crippen molar-refractivity contribution < 1.29 is 23.1 Å². The molecule has 7 heteroatoms. The first kappa shape index (κ1) is 12.9. The van der Waals surface area contributed by atoms with Gasteiger partial charge in [-0.3, -0.25) is 4.79 Å². The van der Waals surface area contributed by atoms with Gasteiger partial charge in [0.2, 0.25) is 5.91 Å². The lowest BCUT2D eigenvalue weighted by Gasteiger charge is -2.12. The standard InChI is InChI=1S/C7H13NO5S/c1-3-6(9)8-5(7(10)11)4-14(2,12)13/h5H,3-4H2,1-2H3,(H,8,9)(H,10,11). The molecule has 0 aliphatic heterocycles. The molecule has 0 rings (SSSR count). The highest BCUT2D eigenvalue weighted by Gasteiger charge is 2.23. The molecule has 1 unspecified atom stereocenters. The Kier molecular flexibility index (Phi) is 4.55. The largest absolute Gasteiger partial charge is 0.480 e. The van der Waals surface area contributed by atoms with Crippen LogP contribution in [-0.2, 0) is 19.4 Å². The van der Waals surface area contributed by atoms with Crippen molar-refractivity contribution in [2.75, 3.05) is 12.0 Å². The number of amides is 1. The van der Waals surface area contributed by atoms with Crippen LogP contribution in [0.5, 0.6) is 0 Å². The number of carbonyl (C=O) groups excluding carboxylic acids is 1. The van der Waals surface area contributed by atoms with E-state index in [1.54, 1.807) is 6.92 Å². The summed E-state index contributed by atoms with van der Waals surface area (Å²) in [4.78, 5) is 21.4. The van der Waals surface area contributed by atoms with Crippen LogP contribution in [0.25, 0.3) is 0 Å². The predicted molar refractivity (Wildman–Crippen MR) is 49.6 cm³/mol. The van der Waals surface area contributed by atoms with E-state index in [-0.39, 0.29) is 6.42 Å². The molecule has 1 atom stereocenters. The third-order valence-electron chi connectivity index (χ3n) is 1.42. The van der Waals surface area contributed by atoms with E-state index in [4.69, 9.17) is 5.11 Å². The highest BCUT2D eigenvalue weighted by Crippen LogP contribution is 1.93. The van der Waals surface area contributed by atoms with Crippen LogP contribution in [0, 0.1) is 0 Å². The molecule has 82 valence electrons. The van der Waals surface area contributed by atoms with Gasteiger partial charge >= 0.3 is 5.97 Å². The van der Waals surface area contributed by atoms with E-state index in [0.29, 0.717) is 0 Å². The van der Waals surface area contributed by atoms with Crippen molar-refractivity contribution in [2.45, 2.75) is 19.4 Å². The summed E-state index contributed by atoms with van der Waals surface area (Å²) in [5, 5.41) is 10.7. The highest BCUT2D eigenvalue weighted by molar-refractivity contribution is 7.90. The molecule has 0 aromatic carbocycles. The minimum Gasteiger partial charge on any atom is -0.480 e. The lowest BCUT2D eigenvalue weighted by molar-refractivity contribution is -0.141. The van der Waals surface area contributed by atoms with Gasteiger partial charge in [-0.05, 0) is 0 Å². The van der Waals surface area contributed by atoms with Gasteiger partial charge < -0.3 is 10.4 Å². The van der Waals surface area contributed by atoms with Gasteiger partial charge in [-0.2, -0.15) is 0 Å². The number of nitrogens with one attached hydrogen (secondary N) is 1. The lowest BCUT2D eigenvalue weighted by Crippen LogP contribution is -2.44. The molecule has 0 saturated carbocycles. The number of rotatable bonds is 5. The number of carboxylic acid groups (broad SMARTS) is 1. The molecule has 0 aliphatic carbocycles. The summed E-state index contributed by atoms with van der Waals surface area (Å²) in [5.74, 6) is -2.42.